The van der Waals surface area contributed by atoms with Gasteiger partial charge in [0.1, 0.15) is 0 Å². The molecule has 3 rings (SSSR count). The molecule has 2 heterocycles. The van der Waals surface area contributed by atoms with Crippen LogP contribution in [0.3, 0.4) is 0 Å². The van der Waals surface area contributed by atoms with Gasteiger partial charge in [-0.1, -0.05) is 12.1 Å². The minimum Gasteiger partial charge on any atom is -0.353 e. The van der Waals surface area contributed by atoms with Crippen LogP contribution in [0.4, 0.5) is 0 Å². The van der Waals surface area contributed by atoms with Crippen LogP contribution in [0.1, 0.15) is 11.3 Å². The molecular weight excluding hydrogens is 312 g/mol. The summed E-state index contributed by atoms with van der Waals surface area (Å²) in [6, 6.07) is 14.4. The minimum atomic E-state index is 0.726. The molecule has 0 bridgehead atoms. The van der Waals surface area contributed by atoms with E-state index >= 15 is 0 Å². The van der Waals surface area contributed by atoms with E-state index in [0.29, 0.717) is 0 Å². The maximum absolute atomic E-state index is 4.38. The van der Waals surface area contributed by atoms with Crippen molar-refractivity contribution in [3.63, 3.8) is 0 Å². The number of guanidine groups is 1. The number of nitrogens with zero attached hydrogens (tertiary/aromatic N) is 5. The molecule has 0 amide bonds. The van der Waals surface area contributed by atoms with Crippen molar-refractivity contribution in [2.45, 2.75) is 13.1 Å². The molecule has 0 fully saturated rings. The zero-order valence-electron chi connectivity index (χ0n) is 14.9. The molecule has 0 saturated heterocycles. The van der Waals surface area contributed by atoms with E-state index in [1.807, 2.05) is 31.0 Å². The fraction of sp³-hybridized carbons (Fsp3) is 0.263. The lowest BCUT2D eigenvalue weighted by Crippen LogP contribution is -2.38. The molecule has 1 aromatic carbocycles. The van der Waals surface area contributed by atoms with E-state index in [1.54, 1.807) is 6.20 Å². The second kappa shape index (κ2) is 7.70. The Morgan fingerprint density at radius 2 is 1.96 bits per heavy atom. The summed E-state index contributed by atoms with van der Waals surface area (Å²) in [6.07, 6.45) is 5.77. The van der Waals surface area contributed by atoms with Crippen molar-refractivity contribution in [3.05, 3.63) is 72.3 Å². The summed E-state index contributed by atoms with van der Waals surface area (Å²) in [7, 11) is 5.91. The second-order valence-corrected chi connectivity index (χ2v) is 5.98. The molecule has 6 nitrogen and oxygen atoms in total. The van der Waals surface area contributed by atoms with Gasteiger partial charge in [-0.3, -0.25) is 4.99 Å². The van der Waals surface area contributed by atoms with E-state index in [4.69, 9.17) is 0 Å². The maximum atomic E-state index is 4.38. The fourth-order valence-electron chi connectivity index (χ4n) is 2.73. The quantitative estimate of drug-likeness (QED) is 0.575. The molecule has 0 radical (unpaired) electrons. The van der Waals surface area contributed by atoms with Gasteiger partial charge in [-0.15, -0.1) is 0 Å². The fourth-order valence-corrected chi connectivity index (χ4v) is 2.73. The summed E-state index contributed by atoms with van der Waals surface area (Å²) in [6.45, 7) is 1.53. The van der Waals surface area contributed by atoms with Crippen LogP contribution >= 0.6 is 0 Å². The Kier molecular flexibility index (Phi) is 5.18. The van der Waals surface area contributed by atoms with Crippen LogP contribution in [0.5, 0.6) is 0 Å². The van der Waals surface area contributed by atoms with Crippen LogP contribution in [-0.2, 0) is 20.1 Å². The smallest absolute Gasteiger partial charge is 0.194 e. The Bertz CT molecular complexity index is 814. The average Bonchev–Trinajstić information content (AvgIpc) is 3.29. The highest BCUT2D eigenvalue weighted by atomic mass is 15.3. The molecule has 2 aromatic heterocycles. The van der Waals surface area contributed by atoms with Gasteiger partial charge >= 0.3 is 0 Å². The lowest BCUT2D eigenvalue weighted by atomic mass is 10.2. The second-order valence-electron chi connectivity index (χ2n) is 5.98. The van der Waals surface area contributed by atoms with Gasteiger partial charge in [0.25, 0.3) is 0 Å². The van der Waals surface area contributed by atoms with Crippen molar-refractivity contribution in [1.29, 1.82) is 0 Å². The van der Waals surface area contributed by atoms with E-state index in [1.165, 1.54) is 11.3 Å². The normalized spacial score (nSPS) is 11.6. The lowest BCUT2D eigenvalue weighted by Gasteiger charge is -2.22. The highest BCUT2D eigenvalue weighted by molar-refractivity contribution is 5.79. The maximum Gasteiger partial charge on any atom is 0.194 e. The Hall–Kier alpha value is -3.02. The largest absolute Gasteiger partial charge is 0.353 e. The number of hydrogen-bond acceptors (Lipinski definition) is 2. The lowest BCUT2D eigenvalue weighted by molar-refractivity contribution is 0.461. The molecule has 3 aromatic rings. The van der Waals surface area contributed by atoms with E-state index < -0.39 is 0 Å². The summed E-state index contributed by atoms with van der Waals surface area (Å²) in [5.74, 6) is 0.873. The predicted molar refractivity (Wildman–Crippen MR) is 101 cm³/mol. The number of nitrogens with one attached hydrogen (secondary N) is 1. The first kappa shape index (κ1) is 16.8. The zero-order valence-corrected chi connectivity index (χ0v) is 14.9. The van der Waals surface area contributed by atoms with Crippen molar-refractivity contribution in [2.24, 2.45) is 12.0 Å². The topological polar surface area (TPSA) is 50.4 Å². The zero-order chi connectivity index (χ0) is 17.6. The van der Waals surface area contributed by atoms with Crippen molar-refractivity contribution in [2.75, 3.05) is 14.1 Å². The third-order valence-corrected chi connectivity index (χ3v) is 4.18. The Labute approximate surface area is 148 Å². The van der Waals surface area contributed by atoms with Gasteiger partial charge in [0.05, 0.1) is 12.2 Å². The Morgan fingerprint density at radius 3 is 2.56 bits per heavy atom. The molecule has 25 heavy (non-hydrogen) atoms. The monoisotopic (exact) mass is 336 g/mol. The highest BCUT2D eigenvalue weighted by Crippen LogP contribution is 2.09. The van der Waals surface area contributed by atoms with Gasteiger partial charge in [-0.25, -0.2) is 4.68 Å². The molecule has 0 aliphatic rings. The van der Waals surface area contributed by atoms with Gasteiger partial charge in [-0.05, 0) is 35.9 Å². The molecule has 0 aliphatic heterocycles. The third-order valence-electron chi connectivity index (χ3n) is 4.18. The van der Waals surface area contributed by atoms with Crippen LogP contribution in [-0.4, -0.2) is 39.3 Å². The summed E-state index contributed by atoms with van der Waals surface area (Å²) >= 11 is 0. The van der Waals surface area contributed by atoms with Gasteiger partial charge in [0.2, 0.25) is 0 Å². The molecule has 0 aliphatic carbocycles. The first-order chi connectivity index (χ1) is 12.2. The number of aliphatic imine (C=N–C) groups is 1. The number of rotatable bonds is 5. The summed E-state index contributed by atoms with van der Waals surface area (Å²) < 4.78 is 3.97. The number of benzene rings is 1. The van der Waals surface area contributed by atoms with Crippen LogP contribution in [0.15, 0.2) is 66.0 Å². The third kappa shape index (κ3) is 4.09. The average molecular weight is 336 g/mol. The van der Waals surface area contributed by atoms with Crippen LogP contribution in [0, 0.1) is 0 Å². The number of hydrogen-bond donors (Lipinski definition) is 1. The Morgan fingerprint density at radius 1 is 1.16 bits per heavy atom. The summed E-state index contributed by atoms with van der Waals surface area (Å²) in [5, 5.41) is 7.66. The van der Waals surface area contributed by atoms with Crippen LogP contribution in [0.25, 0.3) is 5.69 Å². The van der Waals surface area contributed by atoms with Crippen LogP contribution < -0.4 is 5.32 Å². The minimum absolute atomic E-state index is 0.726. The first-order valence-corrected chi connectivity index (χ1v) is 8.28. The standard InChI is InChI=1S/C19H24N6/c1-20-19(24(3)15-18-6-4-12-23(18)2)21-14-16-7-9-17(10-8-16)25-13-5-11-22-25/h4-13H,14-15H2,1-3H3,(H,20,21). The summed E-state index contributed by atoms with van der Waals surface area (Å²) in [4.78, 5) is 6.50. The summed E-state index contributed by atoms with van der Waals surface area (Å²) in [5.41, 5.74) is 3.50. The van der Waals surface area contributed by atoms with Gasteiger partial charge < -0.3 is 14.8 Å². The van der Waals surface area contributed by atoms with Gasteiger partial charge in [0.15, 0.2) is 5.96 Å². The van der Waals surface area contributed by atoms with Crippen molar-refractivity contribution in [3.8, 4) is 5.69 Å². The molecule has 0 saturated carbocycles. The molecule has 1 N–H and O–H groups in total. The van der Waals surface area contributed by atoms with E-state index in [-0.39, 0.29) is 0 Å². The van der Waals surface area contributed by atoms with Crippen molar-refractivity contribution < 1.29 is 0 Å². The predicted octanol–water partition coefficient (Wildman–Crippen LogP) is 2.42. The Balaban J connectivity index is 1.58. The molecular formula is C19H24N6. The van der Waals surface area contributed by atoms with E-state index in [2.05, 4.69) is 74.5 Å². The number of aromatic nitrogens is 3. The molecule has 0 atom stereocenters. The van der Waals surface area contributed by atoms with Crippen molar-refractivity contribution >= 4 is 5.96 Å². The van der Waals surface area contributed by atoms with Gasteiger partial charge in [-0.2, -0.15) is 5.10 Å². The van der Waals surface area contributed by atoms with E-state index in [0.717, 1.165) is 24.7 Å². The first-order valence-electron chi connectivity index (χ1n) is 8.28. The van der Waals surface area contributed by atoms with E-state index in [9.17, 15) is 0 Å². The molecule has 0 unspecified atom stereocenters. The molecule has 130 valence electrons. The molecule has 0 spiro atoms. The molecule has 6 heteroatoms. The highest BCUT2D eigenvalue weighted by Gasteiger charge is 2.08. The van der Waals surface area contributed by atoms with Gasteiger partial charge in [0, 0.05) is 52.0 Å². The number of aryl methyl sites for hydroxylation is 1. The van der Waals surface area contributed by atoms with Crippen molar-refractivity contribution in [1.82, 2.24) is 24.6 Å². The SMILES string of the molecule is CN=C(NCc1ccc(-n2cccn2)cc1)N(C)Cc1cccn1C. The van der Waals surface area contributed by atoms with Crippen LogP contribution in [0.2, 0.25) is 0 Å².